The summed E-state index contributed by atoms with van der Waals surface area (Å²) in [6, 6.07) is 13.7. The molecule has 0 aliphatic heterocycles. The maximum absolute atomic E-state index is 12.4. The number of benzene rings is 2. The minimum Gasteiger partial charge on any atom is -0.497 e. The van der Waals surface area contributed by atoms with Crippen molar-refractivity contribution in [1.82, 2.24) is 20.1 Å². The Morgan fingerprint density at radius 2 is 2.00 bits per heavy atom. The lowest BCUT2D eigenvalue weighted by molar-refractivity contribution is -0.113. The van der Waals surface area contributed by atoms with Gasteiger partial charge in [0.1, 0.15) is 5.75 Å². The van der Waals surface area contributed by atoms with Crippen LogP contribution in [0.25, 0.3) is 0 Å². The van der Waals surface area contributed by atoms with Gasteiger partial charge < -0.3 is 19.9 Å². The number of hydrogen-bond acceptors (Lipinski definition) is 6. The Morgan fingerprint density at radius 1 is 1.22 bits per heavy atom. The van der Waals surface area contributed by atoms with Gasteiger partial charge in [0.05, 0.1) is 19.4 Å². The van der Waals surface area contributed by atoms with Gasteiger partial charge in [-0.2, -0.15) is 0 Å². The number of amides is 2. The third-order valence-electron chi connectivity index (χ3n) is 4.31. The molecule has 2 N–H and O–H groups in total. The monoisotopic (exact) mass is 471 g/mol. The lowest BCUT2D eigenvalue weighted by Gasteiger charge is -2.09. The van der Waals surface area contributed by atoms with Gasteiger partial charge in [0, 0.05) is 22.8 Å². The number of rotatable bonds is 10. The molecule has 10 heteroatoms. The lowest BCUT2D eigenvalue weighted by atomic mass is 10.2. The first-order valence-electron chi connectivity index (χ1n) is 9.63. The summed E-state index contributed by atoms with van der Waals surface area (Å²) in [6.07, 6.45) is 1.70. The number of hydrogen-bond donors (Lipinski definition) is 2. The fourth-order valence-electron chi connectivity index (χ4n) is 2.77. The molecule has 0 spiro atoms. The number of allylic oxidation sites excluding steroid dienone is 1. The van der Waals surface area contributed by atoms with Gasteiger partial charge in [0.25, 0.3) is 5.91 Å². The molecule has 166 valence electrons. The average Bonchev–Trinajstić information content (AvgIpc) is 3.18. The molecule has 1 aromatic heterocycles. The van der Waals surface area contributed by atoms with Gasteiger partial charge in [-0.15, -0.1) is 16.8 Å². The van der Waals surface area contributed by atoms with Crippen molar-refractivity contribution >= 4 is 40.9 Å². The molecule has 0 unspecified atom stereocenters. The number of anilines is 1. The Hall–Kier alpha value is -3.30. The standard InChI is InChI=1S/C22H22ClN5O3S/c1-3-11-28-19(13-24-21(30)15-7-9-18(31-2)10-8-15)26-27-22(28)32-14-20(29)25-17-6-4-5-16(23)12-17/h3-10,12H,1,11,13-14H2,2H3,(H,24,30)(H,25,29). The Kier molecular flexibility index (Phi) is 8.29. The molecule has 3 rings (SSSR count). The van der Waals surface area contributed by atoms with Crippen molar-refractivity contribution in [1.29, 1.82) is 0 Å². The van der Waals surface area contributed by atoms with Crippen LogP contribution < -0.4 is 15.4 Å². The molecule has 1 heterocycles. The zero-order chi connectivity index (χ0) is 22.9. The van der Waals surface area contributed by atoms with E-state index in [0.717, 1.165) is 0 Å². The molecule has 0 atom stereocenters. The first kappa shape index (κ1) is 23.4. The van der Waals surface area contributed by atoms with Gasteiger partial charge in [-0.1, -0.05) is 35.5 Å². The second-order valence-corrected chi connectivity index (χ2v) is 7.94. The van der Waals surface area contributed by atoms with Crippen LogP contribution in [0.3, 0.4) is 0 Å². The molecule has 0 saturated carbocycles. The van der Waals surface area contributed by atoms with E-state index in [-0.39, 0.29) is 24.1 Å². The van der Waals surface area contributed by atoms with Crippen LogP contribution in [0.15, 0.2) is 66.3 Å². The van der Waals surface area contributed by atoms with Gasteiger partial charge >= 0.3 is 0 Å². The first-order chi connectivity index (χ1) is 15.5. The van der Waals surface area contributed by atoms with Crippen molar-refractivity contribution in [2.24, 2.45) is 0 Å². The number of ether oxygens (including phenoxy) is 1. The van der Waals surface area contributed by atoms with Gasteiger partial charge in [-0.3, -0.25) is 9.59 Å². The molecule has 0 fully saturated rings. The first-order valence-corrected chi connectivity index (χ1v) is 11.0. The quantitative estimate of drug-likeness (QED) is 0.345. The van der Waals surface area contributed by atoms with Gasteiger partial charge in [0.2, 0.25) is 5.91 Å². The fraction of sp³-hybridized carbons (Fsp3) is 0.182. The summed E-state index contributed by atoms with van der Waals surface area (Å²) in [5, 5.41) is 15.0. The summed E-state index contributed by atoms with van der Waals surface area (Å²) in [5.74, 6) is 0.938. The van der Waals surface area contributed by atoms with E-state index in [2.05, 4.69) is 27.4 Å². The summed E-state index contributed by atoms with van der Waals surface area (Å²) in [7, 11) is 1.57. The van der Waals surface area contributed by atoms with Crippen molar-refractivity contribution in [2.45, 2.75) is 18.2 Å². The van der Waals surface area contributed by atoms with Crippen LogP contribution in [0.2, 0.25) is 5.02 Å². The highest BCUT2D eigenvalue weighted by Crippen LogP contribution is 2.19. The molecule has 0 bridgehead atoms. The molecule has 2 amide bonds. The summed E-state index contributed by atoms with van der Waals surface area (Å²) in [5.41, 5.74) is 1.13. The second-order valence-electron chi connectivity index (χ2n) is 6.56. The topological polar surface area (TPSA) is 98.1 Å². The fourth-order valence-corrected chi connectivity index (χ4v) is 3.72. The van der Waals surface area contributed by atoms with Crippen molar-refractivity contribution < 1.29 is 14.3 Å². The zero-order valence-electron chi connectivity index (χ0n) is 17.4. The van der Waals surface area contributed by atoms with Crippen molar-refractivity contribution in [3.05, 3.63) is 77.6 Å². The van der Waals surface area contributed by atoms with Crippen molar-refractivity contribution in [3.8, 4) is 5.75 Å². The van der Waals surface area contributed by atoms with E-state index < -0.39 is 0 Å². The van der Waals surface area contributed by atoms with E-state index in [0.29, 0.717) is 39.5 Å². The Balaban J connectivity index is 1.59. The maximum Gasteiger partial charge on any atom is 0.251 e. The van der Waals surface area contributed by atoms with Gasteiger partial charge in [0.15, 0.2) is 11.0 Å². The molecule has 0 saturated heterocycles. The minimum absolute atomic E-state index is 0.139. The molecule has 2 aromatic carbocycles. The van der Waals surface area contributed by atoms with Crippen LogP contribution in [0.1, 0.15) is 16.2 Å². The SMILES string of the molecule is C=CCn1c(CNC(=O)c2ccc(OC)cc2)nnc1SCC(=O)Nc1cccc(Cl)c1. The average molecular weight is 472 g/mol. The van der Waals surface area contributed by atoms with E-state index in [9.17, 15) is 9.59 Å². The Morgan fingerprint density at radius 3 is 2.69 bits per heavy atom. The van der Waals surface area contributed by atoms with Crippen molar-refractivity contribution in [2.75, 3.05) is 18.2 Å². The third-order valence-corrected chi connectivity index (χ3v) is 5.51. The molecule has 3 aromatic rings. The highest BCUT2D eigenvalue weighted by Gasteiger charge is 2.15. The van der Waals surface area contributed by atoms with Crippen LogP contribution in [-0.4, -0.2) is 39.4 Å². The number of halogens is 1. The second kappa shape index (κ2) is 11.4. The smallest absolute Gasteiger partial charge is 0.251 e. The molecular formula is C22H22ClN5O3S. The maximum atomic E-state index is 12.4. The molecular weight excluding hydrogens is 450 g/mol. The number of methoxy groups -OCH3 is 1. The predicted octanol–water partition coefficient (Wildman–Crippen LogP) is 3.79. The van der Waals surface area contributed by atoms with E-state index >= 15 is 0 Å². The minimum atomic E-state index is -0.240. The summed E-state index contributed by atoms with van der Waals surface area (Å²) >= 11 is 7.19. The zero-order valence-corrected chi connectivity index (χ0v) is 18.9. The number of thioether (sulfide) groups is 1. The van der Waals surface area contributed by atoms with Gasteiger partial charge in [-0.05, 0) is 42.5 Å². The van der Waals surface area contributed by atoms with E-state index in [4.69, 9.17) is 16.3 Å². The molecule has 0 aliphatic carbocycles. The number of nitrogens with one attached hydrogen (secondary N) is 2. The largest absolute Gasteiger partial charge is 0.497 e. The lowest BCUT2D eigenvalue weighted by Crippen LogP contribution is -2.24. The van der Waals surface area contributed by atoms with E-state index in [1.807, 2.05) is 0 Å². The number of carbonyl (C=O) groups is 2. The summed E-state index contributed by atoms with van der Waals surface area (Å²) < 4.78 is 6.91. The summed E-state index contributed by atoms with van der Waals surface area (Å²) in [6.45, 7) is 4.38. The van der Waals surface area contributed by atoms with Gasteiger partial charge in [-0.25, -0.2) is 0 Å². The normalized spacial score (nSPS) is 10.4. The molecule has 8 nitrogen and oxygen atoms in total. The number of aromatic nitrogens is 3. The van der Waals surface area contributed by atoms with Crippen LogP contribution >= 0.6 is 23.4 Å². The van der Waals surface area contributed by atoms with Crippen LogP contribution in [-0.2, 0) is 17.9 Å². The third kappa shape index (κ3) is 6.35. The van der Waals surface area contributed by atoms with Crippen LogP contribution in [0.4, 0.5) is 5.69 Å². The Labute approximate surface area is 195 Å². The van der Waals surface area contributed by atoms with E-state index in [1.165, 1.54) is 11.8 Å². The number of nitrogens with zero attached hydrogens (tertiary/aromatic N) is 3. The molecule has 0 aliphatic rings. The van der Waals surface area contributed by atoms with Crippen molar-refractivity contribution in [3.63, 3.8) is 0 Å². The van der Waals surface area contributed by atoms with E-state index in [1.54, 1.807) is 66.3 Å². The number of carbonyl (C=O) groups excluding carboxylic acids is 2. The summed E-state index contributed by atoms with van der Waals surface area (Å²) in [4.78, 5) is 24.7. The molecule has 0 radical (unpaired) electrons. The predicted molar refractivity (Wildman–Crippen MR) is 125 cm³/mol. The highest BCUT2D eigenvalue weighted by atomic mass is 35.5. The molecule has 32 heavy (non-hydrogen) atoms. The van der Waals surface area contributed by atoms with Crippen LogP contribution in [0.5, 0.6) is 5.75 Å². The Bertz CT molecular complexity index is 1100. The van der Waals surface area contributed by atoms with Crippen LogP contribution in [0, 0.1) is 0 Å². The highest BCUT2D eigenvalue weighted by molar-refractivity contribution is 7.99.